The number of nitro groups is 1. The van der Waals surface area contributed by atoms with Gasteiger partial charge in [-0.1, -0.05) is 36.4 Å². The van der Waals surface area contributed by atoms with Gasteiger partial charge in [0.2, 0.25) is 5.75 Å². The molecule has 11 heteroatoms. The Morgan fingerprint density at radius 3 is 1.77 bits per heavy atom. The minimum Gasteiger partial charge on any atom is -0.500 e. The van der Waals surface area contributed by atoms with Crippen molar-refractivity contribution in [2.75, 3.05) is 6.61 Å². The number of nitrogens with zero attached hydrogens (tertiary/aromatic N) is 3. The van der Waals surface area contributed by atoms with Crippen molar-refractivity contribution in [1.29, 1.82) is 0 Å². The lowest BCUT2D eigenvalue weighted by molar-refractivity contribution is -0.386. The lowest BCUT2D eigenvalue weighted by Gasteiger charge is -2.17. The lowest BCUT2D eigenvalue weighted by Crippen LogP contribution is -2.25. The summed E-state index contributed by atoms with van der Waals surface area (Å²) in [4.78, 5) is 39.1. The Labute approximate surface area is 228 Å². The van der Waals surface area contributed by atoms with Gasteiger partial charge in [0, 0.05) is 23.4 Å². The first-order chi connectivity index (χ1) is 19.2. The number of hydrogen-bond acceptors (Lipinski definition) is 6. The van der Waals surface area contributed by atoms with E-state index in [1.54, 1.807) is 69.3 Å². The number of phenolic OH excluding ortho intramolecular Hbond substituents is 1. The van der Waals surface area contributed by atoms with E-state index in [9.17, 15) is 24.8 Å². The molecule has 0 saturated carbocycles. The highest BCUT2D eigenvalue weighted by atomic mass is 16.6. The fraction of sp³-hybridized carbons (Fsp3) is 0.172. The molecule has 3 N–H and O–H groups in total. The van der Waals surface area contributed by atoms with E-state index in [0.717, 1.165) is 0 Å². The van der Waals surface area contributed by atoms with Crippen LogP contribution in [0.4, 0.5) is 5.69 Å². The predicted octanol–water partition coefficient (Wildman–Crippen LogP) is 4.45. The number of aromatic amines is 2. The molecular formula is C29H27N5O6. The molecule has 0 atom stereocenters. The number of ether oxygens (including phenoxy) is 1. The van der Waals surface area contributed by atoms with Crippen LogP contribution in [0.5, 0.6) is 11.5 Å². The highest BCUT2D eigenvalue weighted by Crippen LogP contribution is 2.42. The highest BCUT2D eigenvalue weighted by Gasteiger charge is 2.33. The molecule has 0 bridgehead atoms. The zero-order chi connectivity index (χ0) is 28.6. The van der Waals surface area contributed by atoms with Crippen molar-refractivity contribution in [3.05, 3.63) is 132 Å². The summed E-state index contributed by atoms with van der Waals surface area (Å²) in [5, 5.41) is 28.6. The fourth-order valence-electron chi connectivity index (χ4n) is 4.98. The summed E-state index contributed by atoms with van der Waals surface area (Å²) in [6, 6.07) is 20.5. The molecule has 2 aromatic heterocycles. The van der Waals surface area contributed by atoms with Crippen molar-refractivity contribution in [3.63, 3.8) is 0 Å². The molecule has 0 aliphatic rings. The molecular weight excluding hydrogens is 514 g/mol. The molecule has 0 fully saturated rings. The monoisotopic (exact) mass is 541 g/mol. The van der Waals surface area contributed by atoms with E-state index in [1.807, 2.05) is 12.1 Å². The minimum atomic E-state index is -1.04. The number of hydrogen-bond donors (Lipinski definition) is 3. The van der Waals surface area contributed by atoms with Crippen LogP contribution in [0.15, 0.2) is 82.4 Å². The average Bonchev–Trinajstić information content (AvgIpc) is 3.41. The quantitative estimate of drug-likeness (QED) is 0.195. The molecule has 0 aliphatic heterocycles. The van der Waals surface area contributed by atoms with Gasteiger partial charge in [-0.15, -0.1) is 0 Å². The first-order valence-corrected chi connectivity index (χ1v) is 12.6. The van der Waals surface area contributed by atoms with Crippen LogP contribution in [0.2, 0.25) is 0 Å². The number of phenols is 1. The van der Waals surface area contributed by atoms with E-state index in [2.05, 4.69) is 10.2 Å². The fourth-order valence-corrected chi connectivity index (χ4v) is 4.98. The smallest absolute Gasteiger partial charge is 0.314 e. The second kappa shape index (κ2) is 10.4. The summed E-state index contributed by atoms with van der Waals surface area (Å²) in [6.45, 7) is 5.23. The van der Waals surface area contributed by atoms with Gasteiger partial charge in [0.1, 0.15) is 0 Å². The second-order valence-electron chi connectivity index (χ2n) is 9.26. The third kappa shape index (κ3) is 4.47. The van der Waals surface area contributed by atoms with Crippen LogP contribution in [0.25, 0.3) is 11.4 Å². The zero-order valence-corrected chi connectivity index (χ0v) is 22.0. The topological polar surface area (TPSA) is 148 Å². The molecule has 0 spiro atoms. The van der Waals surface area contributed by atoms with Gasteiger partial charge in [-0.3, -0.25) is 29.9 Å². The number of aromatic nitrogens is 4. The van der Waals surface area contributed by atoms with Gasteiger partial charge < -0.3 is 9.84 Å². The predicted molar refractivity (Wildman–Crippen MR) is 149 cm³/mol. The van der Waals surface area contributed by atoms with Crippen molar-refractivity contribution in [1.82, 2.24) is 19.6 Å². The van der Waals surface area contributed by atoms with Gasteiger partial charge in [-0.2, -0.15) is 0 Å². The number of benzene rings is 3. The second-order valence-corrected chi connectivity index (χ2v) is 9.26. The number of nitro benzene ring substituents is 1. The van der Waals surface area contributed by atoms with Gasteiger partial charge in [-0.05, 0) is 56.7 Å². The number of H-pyrrole nitrogens is 2. The van der Waals surface area contributed by atoms with Gasteiger partial charge in [-0.25, -0.2) is 9.36 Å². The normalized spacial score (nSPS) is 11.2. The Morgan fingerprint density at radius 1 is 0.875 bits per heavy atom. The van der Waals surface area contributed by atoms with Crippen molar-refractivity contribution in [2.45, 2.75) is 26.7 Å². The summed E-state index contributed by atoms with van der Waals surface area (Å²) < 4.78 is 8.26. The van der Waals surface area contributed by atoms with Crippen LogP contribution in [0.1, 0.15) is 40.9 Å². The molecule has 0 amide bonds. The van der Waals surface area contributed by atoms with Crippen LogP contribution in [-0.4, -0.2) is 36.2 Å². The van der Waals surface area contributed by atoms with E-state index >= 15 is 0 Å². The Balaban J connectivity index is 1.84. The summed E-state index contributed by atoms with van der Waals surface area (Å²) >= 11 is 0. The molecule has 5 rings (SSSR count). The summed E-state index contributed by atoms with van der Waals surface area (Å²) in [5.41, 5.74) is 1.36. The number of rotatable bonds is 8. The summed E-state index contributed by atoms with van der Waals surface area (Å²) in [6.07, 6.45) is 0. The first-order valence-electron chi connectivity index (χ1n) is 12.6. The molecule has 0 radical (unpaired) electrons. The van der Waals surface area contributed by atoms with Gasteiger partial charge in [0.05, 0.1) is 34.0 Å². The maximum atomic E-state index is 14.0. The van der Waals surface area contributed by atoms with Crippen LogP contribution >= 0.6 is 0 Å². The van der Waals surface area contributed by atoms with Gasteiger partial charge in [0.25, 0.3) is 11.1 Å². The van der Waals surface area contributed by atoms with E-state index in [-0.39, 0.29) is 29.0 Å². The van der Waals surface area contributed by atoms with Crippen LogP contribution in [-0.2, 0) is 0 Å². The van der Waals surface area contributed by atoms with E-state index in [4.69, 9.17) is 4.74 Å². The molecule has 40 heavy (non-hydrogen) atoms. The van der Waals surface area contributed by atoms with E-state index in [0.29, 0.717) is 22.8 Å². The summed E-state index contributed by atoms with van der Waals surface area (Å²) in [5.74, 6) is -1.79. The number of aryl methyl sites for hydroxylation is 2. The Morgan fingerprint density at radius 2 is 1.35 bits per heavy atom. The average molecular weight is 542 g/mol. The number of aromatic hydroxyl groups is 1. The van der Waals surface area contributed by atoms with Gasteiger partial charge >= 0.3 is 5.69 Å². The van der Waals surface area contributed by atoms with Crippen molar-refractivity contribution < 1.29 is 14.8 Å². The van der Waals surface area contributed by atoms with Crippen molar-refractivity contribution >= 4 is 5.69 Å². The summed E-state index contributed by atoms with van der Waals surface area (Å²) in [7, 11) is 0. The van der Waals surface area contributed by atoms with Crippen LogP contribution in [0, 0.1) is 24.0 Å². The van der Waals surface area contributed by atoms with E-state index < -0.39 is 33.4 Å². The molecule has 0 saturated heterocycles. The Hall–Kier alpha value is -5.32. The van der Waals surface area contributed by atoms with Crippen molar-refractivity contribution in [2.24, 2.45) is 0 Å². The molecule has 2 heterocycles. The Bertz CT molecular complexity index is 1720. The maximum absolute atomic E-state index is 14.0. The van der Waals surface area contributed by atoms with E-state index in [1.165, 1.54) is 21.5 Å². The minimum absolute atomic E-state index is 0.121. The highest BCUT2D eigenvalue weighted by molar-refractivity contribution is 5.60. The van der Waals surface area contributed by atoms with Crippen LogP contribution in [0.3, 0.4) is 0 Å². The largest absolute Gasteiger partial charge is 0.500 e. The molecule has 3 aromatic carbocycles. The molecule has 0 aliphatic carbocycles. The molecule has 11 nitrogen and oxygen atoms in total. The SMILES string of the molecule is CCOc1cc(C(c2c(C)[nH]n(-c3ccccc3)c2=O)c2c(C)[nH]n(-c3ccccc3)c2=O)cc([N+](=O)[O-])c1O. The molecule has 204 valence electrons. The Kier molecular flexibility index (Phi) is 6.87. The molecule has 5 aromatic rings. The van der Waals surface area contributed by atoms with Crippen LogP contribution < -0.4 is 15.9 Å². The standard InChI is InChI=1S/C29H27N5O6/c1-4-40-23-16-19(15-22(27(23)35)34(38)39)26(24-17(2)30-32(28(24)36)20-11-7-5-8-12-20)25-18(3)31-33(29(25)37)21-13-9-6-10-14-21/h5-16,26,30-31,35H,4H2,1-3H3. The number of nitrogens with one attached hydrogen (secondary N) is 2. The molecule has 0 unspecified atom stereocenters. The van der Waals surface area contributed by atoms with Gasteiger partial charge in [0.15, 0.2) is 5.75 Å². The third-order valence-electron chi connectivity index (χ3n) is 6.75. The lowest BCUT2D eigenvalue weighted by atomic mass is 9.85. The van der Waals surface area contributed by atoms with Crippen molar-refractivity contribution in [3.8, 4) is 22.9 Å². The first kappa shape index (κ1) is 26.3. The number of para-hydroxylation sites is 2. The maximum Gasteiger partial charge on any atom is 0.314 e. The third-order valence-corrected chi connectivity index (χ3v) is 6.75. The zero-order valence-electron chi connectivity index (χ0n) is 22.0.